The van der Waals surface area contributed by atoms with Gasteiger partial charge in [0.25, 0.3) is 0 Å². The Morgan fingerprint density at radius 2 is 2.10 bits per heavy atom. The number of hydrogen-bond acceptors (Lipinski definition) is 3. The van der Waals surface area contributed by atoms with Crippen LogP contribution < -0.4 is 11.1 Å². The summed E-state index contributed by atoms with van der Waals surface area (Å²) in [5, 5.41) is 3.44. The minimum atomic E-state index is -0.572. The highest BCUT2D eigenvalue weighted by Crippen LogP contribution is 2.37. The maximum atomic E-state index is 12.0. The van der Waals surface area contributed by atoms with E-state index in [1.54, 1.807) is 0 Å². The first kappa shape index (κ1) is 13.6. The molecule has 0 radical (unpaired) electrons. The van der Waals surface area contributed by atoms with Crippen molar-refractivity contribution in [1.29, 1.82) is 0 Å². The van der Waals surface area contributed by atoms with Gasteiger partial charge in [0.15, 0.2) is 0 Å². The Hall–Kier alpha value is -1.39. The van der Waals surface area contributed by atoms with Gasteiger partial charge in [-0.05, 0) is 31.7 Å². The zero-order chi connectivity index (χ0) is 14.2. The van der Waals surface area contributed by atoms with E-state index < -0.39 is 5.54 Å². The highest BCUT2D eigenvalue weighted by Gasteiger charge is 2.50. The van der Waals surface area contributed by atoms with E-state index in [2.05, 4.69) is 29.3 Å². The van der Waals surface area contributed by atoms with Crippen LogP contribution in [-0.4, -0.2) is 35.0 Å². The third-order valence-electron chi connectivity index (χ3n) is 4.62. The summed E-state index contributed by atoms with van der Waals surface area (Å²) in [5.74, 6) is -0.219. The zero-order valence-corrected chi connectivity index (χ0v) is 12.0. The minimum Gasteiger partial charge on any atom is -0.368 e. The van der Waals surface area contributed by atoms with E-state index in [1.807, 2.05) is 18.2 Å². The number of hydrogen-bond donors (Lipinski definition) is 2. The topological polar surface area (TPSA) is 58.4 Å². The molecule has 20 heavy (non-hydrogen) atoms. The second-order valence-corrected chi connectivity index (χ2v) is 6.24. The predicted molar refractivity (Wildman–Crippen MR) is 79.0 cm³/mol. The summed E-state index contributed by atoms with van der Waals surface area (Å²) in [6, 6.07) is 11.3. The monoisotopic (exact) mass is 273 g/mol. The fourth-order valence-corrected chi connectivity index (χ4v) is 3.31. The fourth-order valence-electron chi connectivity index (χ4n) is 3.31. The van der Waals surface area contributed by atoms with Crippen LogP contribution in [0.2, 0.25) is 0 Å². The summed E-state index contributed by atoms with van der Waals surface area (Å²) in [7, 11) is 0. The van der Waals surface area contributed by atoms with Gasteiger partial charge in [0, 0.05) is 25.2 Å². The van der Waals surface area contributed by atoms with Crippen molar-refractivity contribution in [3.63, 3.8) is 0 Å². The van der Waals surface area contributed by atoms with Gasteiger partial charge in [0.2, 0.25) is 5.91 Å². The van der Waals surface area contributed by atoms with Crippen LogP contribution >= 0.6 is 0 Å². The van der Waals surface area contributed by atoms with Crippen molar-refractivity contribution in [2.45, 2.75) is 50.4 Å². The molecule has 4 nitrogen and oxygen atoms in total. The van der Waals surface area contributed by atoms with Crippen LogP contribution in [0.1, 0.15) is 31.7 Å². The molecule has 0 spiro atoms. The van der Waals surface area contributed by atoms with E-state index in [4.69, 9.17) is 5.73 Å². The summed E-state index contributed by atoms with van der Waals surface area (Å²) >= 11 is 0. The van der Waals surface area contributed by atoms with Crippen LogP contribution in [-0.2, 0) is 11.3 Å². The quantitative estimate of drug-likeness (QED) is 0.849. The number of amides is 1. The highest BCUT2D eigenvalue weighted by molar-refractivity contribution is 5.85. The maximum absolute atomic E-state index is 12.0. The van der Waals surface area contributed by atoms with Crippen molar-refractivity contribution < 1.29 is 4.79 Å². The molecule has 1 saturated carbocycles. The van der Waals surface area contributed by atoms with Gasteiger partial charge in [0.05, 0.1) is 0 Å². The molecule has 1 aromatic carbocycles. The van der Waals surface area contributed by atoms with Gasteiger partial charge < -0.3 is 5.73 Å². The lowest BCUT2D eigenvalue weighted by Crippen LogP contribution is -2.57. The van der Waals surface area contributed by atoms with Crippen LogP contribution in [0.3, 0.4) is 0 Å². The van der Waals surface area contributed by atoms with E-state index in [-0.39, 0.29) is 5.91 Å². The smallest absolute Gasteiger partial charge is 0.239 e. The van der Waals surface area contributed by atoms with Crippen molar-refractivity contribution in [2.24, 2.45) is 5.73 Å². The molecule has 4 heteroatoms. The molecule has 2 atom stereocenters. The standard InChI is InChI=1S/C16H23N3O/c1-12-9-16(15(17)20,11-19(12)14-7-8-14)18-10-13-5-3-2-4-6-13/h2-6,12,14,18H,7-11H2,1H3,(H2,17,20). The number of rotatable bonds is 5. The molecule has 1 aromatic rings. The Labute approximate surface area is 120 Å². The number of benzene rings is 1. The number of carbonyl (C=O) groups is 1. The molecule has 0 aromatic heterocycles. The van der Waals surface area contributed by atoms with E-state index >= 15 is 0 Å². The lowest BCUT2D eigenvalue weighted by Gasteiger charge is -2.27. The number of likely N-dealkylation sites (tertiary alicyclic amines) is 1. The van der Waals surface area contributed by atoms with Crippen LogP contribution in [0.25, 0.3) is 0 Å². The van der Waals surface area contributed by atoms with Crippen molar-refractivity contribution >= 4 is 5.91 Å². The first-order valence-corrected chi connectivity index (χ1v) is 7.45. The van der Waals surface area contributed by atoms with E-state index in [9.17, 15) is 4.79 Å². The van der Waals surface area contributed by atoms with Gasteiger partial charge in [-0.3, -0.25) is 15.0 Å². The van der Waals surface area contributed by atoms with Gasteiger partial charge >= 0.3 is 0 Å². The second-order valence-electron chi connectivity index (χ2n) is 6.24. The molecule has 1 aliphatic heterocycles. The fraction of sp³-hybridized carbons (Fsp3) is 0.562. The number of primary amides is 1. The van der Waals surface area contributed by atoms with Crippen LogP contribution in [0.15, 0.2) is 30.3 Å². The highest BCUT2D eigenvalue weighted by atomic mass is 16.1. The second kappa shape index (κ2) is 5.19. The Kier molecular flexibility index (Phi) is 3.52. The molecule has 3 rings (SSSR count). The number of carbonyl (C=O) groups excluding carboxylic acids is 1. The molecule has 0 bridgehead atoms. The molecule has 2 aliphatic rings. The molecular formula is C16H23N3O. The van der Waals surface area contributed by atoms with Gasteiger partial charge in [-0.15, -0.1) is 0 Å². The molecule has 2 fully saturated rings. The largest absolute Gasteiger partial charge is 0.368 e. The average Bonchev–Trinajstić information content (AvgIpc) is 3.22. The number of nitrogens with two attached hydrogens (primary N) is 1. The van der Waals surface area contributed by atoms with Crippen molar-refractivity contribution in [3.8, 4) is 0 Å². The SMILES string of the molecule is CC1CC(NCc2ccccc2)(C(N)=O)CN1C1CC1. The molecule has 1 amide bonds. The van der Waals surface area contributed by atoms with E-state index in [0.29, 0.717) is 18.6 Å². The third kappa shape index (κ3) is 2.58. The summed E-state index contributed by atoms with van der Waals surface area (Å²) < 4.78 is 0. The summed E-state index contributed by atoms with van der Waals surface area (Å²) in [6.07, 6.45) is 3.33. The maximum Gasteiger partial charge on any atom is 0.239 e. The van der Waals surface area contributed by atoms with Crippen molar-refractivity contribution in [1.82, 2.24) is 10.2 Å². The molecular weight excluding hydrogens is 250 g/mol. The molecule has 3 N–H and O–H groups in total. The van der Waals surface area contributed by atoms with Gasteiger partial charge in [-0.25, -0.2) is 0 Å². The summed E-state index contributed by atoms with van der Waals surface area (Å²) in [4.78, 5) is 14.5. The van der Waals surface area contributed by atoms with E-state index in [0.717, 1.165) is 13.0 Å². The normalized spacial score (nSPS) is 30.6. The van der Waals surface area contributed by atoms with Gasteiger partial charge in [-0.1, -0.05) is 30.3 Å². The first-order chi connectivity index (χ1) is 9.61. The number of nitrogens with one attached hydrogen (secondary N) is 1. The molecule has 108 valence electrons. The molecule has 1 saturated heterocycles. The van der Waals surface area contributed by atoms with Crippen molar-refractivity contribution in [3.05, 3.63) is 35.9 Å². The Balaban J connectivity index is 1.71. The Bertz CT molecular complexity index is 486. The summed E-state index contributed by atoms with van der Waals surface area (Å²) in [5.41, 5.74) is 6.33. The van der Waals surface area contributed by atoms with E-state index in [1.165, 1.54) is 18.4 Å². The minimum absolute atomic E-state index is 0.219. The Morgan fingerprint density at radius 1 is 1.40 bits per heavy atom. The predicted octanol–water partition coefficient (Wildman–Crippen LogP) is 1.26. The lowest BCUT2D eigenvalue weighted by atomic mass is 9.95. The lowest BCUT2D eigenvalue weighted by molar-refractivity contribution is -0.124. The zero-order valence-electron chi connectivity index (χ0n) is 12.0. The van der Waals surface area contributed by atoms with Gasteiger partial charge in [-0.2, -0.15) is 0 Å². The third-order valence-corrected chi connectivity index (χ3v) is 4.62. The summed E-state index contributed by atoms with van der Waals surface area (Å²) in [6.45, 7) is 3.64. The van der Waals surface area contributed by atoms with Crippen LogP contribution in [0, 0.1) is 0 Å². The van der Waals surface area contributed by atoms with Gasteiger partial charge in [0.1, 0.15) is 5.54 Å². The van der Waals surface area contributed by atoms with Crippen molar-refractivity contribution in [2.75, 3.05) is 6.54 Å². The van der Waals surface area contributed by atoms with Crippen LogP contribution in [0.4, 0.5) is 0 Å². The first-order valence-electron chi connectivity index (χ1n) is 7.45. The average molecular weight is 273 g/mol. The molecule has 2 unspecified atom stereocenters. The number of nitrogens with zero attached hydrogens (tertiary/aromatic N) is 1. The Morgan fingerprint density at radius 3 is 2.70 bits per heavy atom. The molecule has 1 heterocycles. The van der Waals surface area contributed by atoms with Crippen LogP contribution in [0.5, 0.6) is 0 Å². The molecule has 1 aliphatic carbocycles.